The van der Waals surface area contributed by atoms with E-state index in [0.29, 0.717) is 0 Å². The summed E-state index contributed by atoms with van der Waals surface area (Å²) in [6.45, 7) is 4.76. The zero-order chi connectivity index (χ0) is 10.2. The van der Waals surface area contributed by atoms with Crippen molar-refractivity contribution in [2.45, 2.75) is 26.3 Å². The van der Waals surface area contributed by atoms with Crippen LogP contribution in [0.5, 0.6) is 0 Å². The van der Waals surface area contributed by atoms with Crippen LogP contribution >= 0.6 is 0 Å². The first-order valence-electron chi connectivity index (χ1n) is 5.23. The molecule has 0 radical (unpaired) electrons. The molecule has 0 fully saturated rings. The third kappa shape index (κ3) is 3.94. The van der Waals surface area contributed by atoms with E-state index in [1.807, 2.05) is 0 Å². The molecule has 3 nitrogen and oxygen atoms in total. The molecule has 2 N–H and O–H groups in total. The molecule has 14 heavy (non-hydrogen) atoms. The minimum absolute atomic E-state index is 0.766. The Bertz CT molecular complexity index is 245. The summed E-state index contributed by atoms with van der Waals surface area (Å²) in [5, 5.41) is 3.30. The van der Waals surface area contributed by atoms with Crippen molar-refractivity contribution >= 4 is 0 Å². The lowest BCUT2D eigenvalue weighted by Crippen LogP contribution is -2.18. The van der Waals surface area contributed by atoms with Gasteiger partial charge in [-0.25, -0.2) is 0 Å². The van der Waals surface area contributed by atoms with E-state index >= 15 is 0 Å². The summed E-state index contributed by atoms with van der Waals surface area (Å²) in [6, 6.07) is 4.31. The molecular weight excluding hydrogens is 176 g/mol. The van der Waals surface area contributed by atoms with Gasteiger partial charge in [0.25, 0.3) is 0 Å². The normalized spacial score (nSPS) is 10.7. The zero-order valence-electron chi connectivity index (χ0n) is 9.10. The summed E-state index contributed by atoms with van der Waals surface area (Å²) >= 11 is 0. The first-order valence-corrected chi connectivity index (χ1v) is 5.23. The average Bonchev–Trinajstić information content (AvgIpc) is 2.61. The molecule has 0 aliphatic carbocycles. The van der Waals surface area contributed by atoms with Crippen molar-refractivity contribution in [3.8, 4) is 0 Å². The fourth-order valence-corrected chi connectivity index (χ4v) is 1.41. The molecule has 0 amide bonds. The number of methoxy groups -OCH3 is 1. The van der Waals surface area contributed by atoms with Crippen LogP contribution in [0.15, 0.2) is 12.1 Å². The van der Waals surface area contributed by atoms with Crippen LogP contribution in [-0.2, 0) is 17.7 Å². The first kappa shape index (κ1) is 11.3. The summed E-state index contributed by atoms with van der Waals surface area (Å²) in [7, 11) is 1.72. The highest BCUT2D eigenvalue weighted by molar-refractivity contribution is 5.12. The standard InChI is InChI=1S/C11H20N2O/c1-3-4-10-5-6-11(13-10)9-12-7-8-14-2/h5-6,12-13H,3-4,7-9H2,1-2H3. The van der Waals surface area contributed by atoms with E-state index in [-0.39, 0.29) is 0 Å². The van der Waals surface area contributed by atoms with Gasteiger partial charge in [-0.2, -0.15) is 0 Å². The van der Waals surface area contributed by atoms with Crippen molar-refractivity contribution < 1.29 is 4.74 Å². The molecule has 1 aromatic heterocycles. The molecular formula is C11H20N2O. The maximum absolute atomic E-state index is 4.95. The molecule has 0 saturated heterocycles. The second-order valence-corrected chi connectivity index (χ2v) is 3.43. The lowest BCUT2D eigenvalue weighted by Gasteiger charge is -2.01. The van der Waals surface area contributed by atoms with E-state index in [0.717, 1.165) is 26.1 Å². The molecule has 0 unspecified atom stereocenters. The van der Waals surface area contributed by atoms with Crippen LogP contribution in [0.25, 0.3) is 0 Å². The number of H-pyrrole nitrogens is 1. The van der Waals surface area contributed by atoms with Gasteiger partial charge in [0.1, 0.15) is 0 Å². The number of aromatic nitrogens is 1. The first-order chi connectivity index (χ1) is 6.86. The summed E-state index contributed by atoms with van der Waals surface area (Å²) in [5.74, 6) is 0. The Balaban J connectivity index is 2.22. The molecule has 0 bridgehead atoms. The average molecular weight is 196 g/mol. The number of aromatic amines is 1. The fourth-order valence-electron chi connectivity index (χ4n) is 1.41. The highest BCUT2D eigenvalue weighted by Gasteiger charge is 1.96. The van der Waals surface area contributed by atoms with Gasteiger partial charge in [-0.15, -0.1) is 0 Å². The Morgan fingerprint density at radius 3 is 2.86 bits per heavy atom. The van der Waals surface area contributed by atoms with E-state index in [1.54, 1.807) is 7.11 Å². The molecule has 0 atom stereocenters. The minimum atomic E-state index is 0.766. The van der Waals surface area contributed by atoms with Gasteiger partial charge in [0.05, 0.1) is 6.61 Å². The van der Waals surface area contributed by atoms with E-state index < -0.39 is 0 Å². The molecule has 1 aromatic rings. The highest BCUT2D eigenvalue weighted by atomic mass is 16.5. The summed E-state index contributed by atoms with van der Waals surface area (Å²) in [5.41, 5.74) is 2.58. The Kier molecular flexibility index (Phi) is 5.33. The number of rotatable bonds is 7. The van der Waals surface area contributed by atoms with Gasteiger partial charge in [-0.3, -0.25) is 0 Å². The van der Waals surface area contributed by atoms with Crippen LogP contribution in [0.2, 0.25) is 0 Å². The molecule has 1 heterocycles. The van der Waals surface area contributed by atoms with Crippen LogP contribution in [-0.4, -0.2) is 25.2 Å². The van der Waals surface area contributed by atoms with Gasteiger partial charge in [-0.05, 0) is 18.6 Å². The molecule has 80 valence electrons. The van der Waals surface area contributed by atoms with Gasteiger partial charge in [-0.1, -0.05) is 13.3 Å². The van der Waals surface area contributed by atoms with Crippen molar-refractivity contribution in [1.82, 2.24) is 10.3 Å². The zero-order valence-corrected chi connectivity index (χ0v) is 9.10. The summed E-state index contributed by atoms with van der Waals surface area (Å²) in [4.78, 5) is 3.39. The van der Waals surface area contributed by atoms with E-state index in [4.69, 9.17) is 4.74 Å². The Hall–Kier alpha value is -0.800. The largest absolute Gasteiger partial charge is 0.383 e. The Morgan fingerprint density at radius 2 is 2.14 bits per heavy atom. The molecule has 0 aromatic carbocycles. The number of hydrogen-bond donors (Lipinski definition) is 2. The predicted molar refractivity (Wildman–Crippen MR) is 58.4 cm³/mol. The molecule has 1 rings (SSSR count). The van der Waals surface area contributed by atoms with Gasteiger partial charge in [0.2, 0.25) is 0 Å². The van der Waals surface area contributed by atoms with Crippen molar-refractivity contribution in [2.75, 3.05) is 20.3 Å². The topological polar surface area (TPSA) is 37.0 Å². The van der Waals surface area contributed by atoms with Crippen molar-refractivity contribution in [2.24, 2.45) is 0 Å². The molecule has 0 saturated carbocycles. The Morgan fingerprint density at radius 1 is 1.36 bits per heavy atom. The Labute approximate surface area is 85.9 Å². The van der Waals surface area contributed by atoms with Crippen molar-refractivity contribution in [3.05, 3.63) is 23.5 Å². The van der Waals surface area contributed by atoms with Crippen LogP contribution in [0.4, 0.5) is 0 Å². The lowest BCUT2D eigenvalue weighted by molar-refractivity contribution is 0.199. The van der Waals surface area contributed by atoms with E-state index in [9.17, 15) is 0 Å². The maximum Gasteiger partial charge on any atom is 0.0587 e. The second kappa shape index (κ2) is 6.62. The van der Waals surface area contributed by atoms with Gasteiger partial charge < -0.3 is 15.0 Å². The monoisotopic (exact) mass is 196 g/mol. The second-order valence-electron chi connectivity index (χ2n) is 3.43. The maximum atomic E-state index is 4.95. The summed E-state index contributed by atoms with van der Waals surface area (Å²) in [6.07, 6.45) is 2.33. The molecule has 0 aliphatic heterocycles. The predicted octanol–water partition coefficient (Wildman–Crippen LogP) is 1.70. The lowest BCUT2D eigenvalue weighted by atomic mass is 10.3. The van der Waals surface area contributed by atoms with Gasteiger partial charge in [0.15, 0.2) is 0 Å². The minimum Gasteiger partial charge on any atom is -0.383 e. The summed E-state index contributed by atoms with van der Waals surface area (Å²) < 4.78 is 4.95. The van der Waals surface area contributed by atoms with E-state index in [2.05, 4.69) is 29.4 Å². The van der Waals surface area contributed by atoms with Crippen LogP contribution in [0.3, 0.4) is 0 Å². The highest BCUT2D eigenvalue weighted by Crippen LogP contribution is 2.03. The SMILES string of the molecule is CCCc1ccc(CNCCOC)[nH]1. The third-order valence-corrected chi connectivity index (χ3v) is 2.12. The third-order valence-electron chi connectivity index (χ3n) is 2.12. The number of ether oxygens (including phenoxy) is 1. The van der Waals surface area contributed by atoms with Crippen molar-refractivity contribution in [3.63, 3.8) is 0 Å². The number of aryl methyl sites for hydroxylation is 1. The van der Waals surface area contributed by atoms with Crippen molar-refractivity contribution in [1.29, 1.82) is 0 Å². The van der Waals surface area contributed by atoms with Crippen LogP contribution in [0, 0.1) is 0 Å². The molecule has 0 aliphatic rings. The van der Waals surface area contributed by atoms with E-state index in [1.165, 1.54) is 17.8 Å². The van der Waals surface area contributed by atoms with Gasteiger partial charge in [0, 0.05) is 31.6 Å². The number of hydrogen-bond acceptors (Lipinski definition) is 2. The smallest absolute Gasteiger partial charge is 0.0587 e. The molecule has 0 spiro atoms. The quantitative estimate of drug-likeness (QED) is 0.651. The van der Waals surface area contributed by atoms with Crippen LogP contribution in [0.1, 0.15) is 24.7 Å². The molecule has 3 heteroatoms. The van der Waals surface area contributed by atoms with Crippen LogP contribution < -0.4 is 5.32 Å². The van der Waals surface area contributed by atoms with Gasteiger partial charge >= 0.3 is 0 Å². The fraction of sp³-hybridized carbons (Fsp3) is 0.636. The number of nitrogens with one attached hydrogen (secondary N) is 2.